The molecule has 1 fully saturated rings. The van der Waals surface area contributed by atoms with Gasteiger partial charge >= 0.3 is 0 Å². The van der Waals surface area contributed by atoms with Crippen LogP contribution < -0.4 is 5.32 Å². The molecule has 0 atom stereocenters. The second-order valence-electron chi connectivity index (χ2n) is 6.60. The van der Waals surface area contributed by atoms with E-state index in [9.17, 15) is 14.0 Å². The highest BCUT2D eigenvalue weighted by atomic mass is 19.1. The zero-order valence-electron chi connectivity index (χ0n) is 14.5. The molecule has 0 aliphatic heterocycles. The summed E-state index contributed by atoms with van der Waals surface area (Å²) >= 11 is 0. The number of hydrogen-bond donors (Lipinski definition) is 1. The summed E-state index contributed by atoms with van der Waals surface area (Å²) in [5.74, 6) is -0.822. The van der Waals surface area contributed by atoms with E-state index in [-0.39, 0.29) is 23.8 Å². The van der Waals surface area contributed by atoms with E-state index in [4.69, 9.17) is 0 Å². The van der Waals surface area contributed by atoms with Crippen LogP contribution in [0.1, 0.15) is 42.5 Å². The summed E-state index contributed by atoms with van der Waals surface area (Å²) in [5, 5.41) is 6.21. The van der Waals surface area contributed by atoms with E-state index >= 15 is 0 Å². The topological polar surface area (TPSA) is 75.4 Å². The molecule has 26 heavy (non-hydrogen) atoms. The van der Waals surface area contributed by atoms with Crippen molar-refractivity contribution in [3.8, 4) is 0 Å². The Labute approximate surface area is 151 Å². The Balaban J connectivity index is 1.73. The van der Waals surface area contributed by atoms with E-state index in [1.807, 2.05) is 0 Å². The molecule has 1 aliphatic carbocycles. The molecule has 0 radical (unpaired) electrons. The summed E-state index contributed by atoms with van der Waals surface area (Å²) < 4.78 is 18.7. The number of carbonyl (C=O) groups excluding carboxylic acids is 2. The quantitative estimate of drug-likeness (QED) is 0.857. The maximum absolute atomic E-state index is 14.1. The molecular formula is C19H22FN3O3. The lowest BCUT2D eigenvalue weighted by Crippen LogP contribution is -2.41. The Bertz CT molecular complexity index is 742. The van der Waals surface area contributed by atoms with Crippen LogP contribution in [0.25, 0.3) is 0 Å². The predicted octanol–water partition coefficient (Wildman–Crippen LogP) is 3.47. The Morgan fingerprint density at radius 1 is 1.19 bits per heavy atom. The number of hydrogen-bond acceptors (Lipinski definition) is 4. The first kappa shape index (κ1) is 18.1. The molecule has 1 saturated carbocycles. The highest BCUT2D eigenvalue weighted by molar-refractivity contribution is 5.99. The molecule has 0 unspecified atom stereocenters. The largest absolute Gasteiger partial charge is 0.363 e. The Morgan fingerprint density at radius 2 is 1.96 bits per heavy atom. The van der Waals surface area contributed by atoms with Gasteiger partial charge in [0.1, 0.15) is 18.6 Å². The summed E-state index contributed by atoms with van der Waals surface area (Å²) in [6.07, 6.45) is 6.83. The lowest BCUT2D eigenvalue weighted by molar-refractivity contribution is -0.117. The Hall–Kier alpha value is -2.70. The summed E-state index contributed by atoms with van der Waals surface area (Å²) in [6.45, 7) is 0.288. The number of anilines is 1. The average molecular weight is 359 g/mol. The number of carbonyl (C=O) groups is 2. The van der Waals surface area contributed by atoms with Crippen LogP contribution in [0.15, 0.2) is 41.1 Å². The number of rotatable bonds is 6. The van der Waals surface area contributed by atoms with Crippen LogP contribution in [0.5, 0.6) is 0 Å². The fourth-order valence-electron chi connectivity index (χ4n) is 3.34. The fraction of sp³-hybridized carbons (Fsp3) is 0.421. The van der Waals surface area contributed by atoms with E-state index in [1.54, 1.807) is 6.07 Å². The minimum absolute atomic E-state index is 0.0162. The molecule has 1 aromatic carbocycles. The standard InChI is InChI=1S/C19H22FN3O3/c20-16-9-5-4-8-15(16)19(25)23(12-14-6-2-1-3-7-14)13-18(24)21-17-10-11-26-22-17/h4-5,8-11,14H,1-3,6-7,12-13H2,(H,21,22,24). The van der Waals surface area contributed by atoms with Gasteiger partial charge in [-0.05, 0) is 30.9 Å². The second kappa shape index (κ2) is 8.60. The van der Waals surface area contributed by atoms with Gasteiger partial charge in [-0.1, -0.05) is 36.6 Å². The van der Waals surface area contributed by atoms with Crippen molar-refractivity contribution in [3.05, 3.63) is 48.0 Å². The van der Waals surface area contributed by atoms with Crippen molar-refractivity contribution < 1.29 is 18.5 Å². The monoisotopic (exact) mass is 359 g/mol. The van der Waals surface area contributed by atoms with Crippen molar-refractivity contribution >= 4 is 17.6 Å². The van der Waals surface area contributed by atoms with Gasteiger partial charge in [-0.2, -0.15) is 0 Å². The van der Waals surface area contributed by atoms with Crippen molar-refractivity contribution in [2.45, 2.75) is 32.1 Å². The van der Waals surface area contributed by atoms with Crippen molar-refractivity contribution in [3.63, 3.8) is 0 Å². The Morgan fingerprint density at radius 3 is 2.65 bits per heavy atom. The highest BCUT2D eigenvalue weighted by Crippen LogP contribution is 2.25. The minimum atomic E-state index is -0.581. The zero-order valence-corrected chi connectivity index (χ0v) is 14.5. The van der Waals surface area contributed by atoms with Gasteiger partial charge in [0.05, 0.1) is 5.56 Å². The van der Waals surface area contributed by atoms with Crippen molar-refractivity contribution in [2.24, 2.45) is 5.92 Å². The van der Waals surface area contributed by atoms with Crippen molar-refractivity contribution in [1.82, 2.24) is 10.1 Å². The van der Waals surface area contributed by atoms with Gasteiger partial charge in [-0.25, -0.2) is 4.39 Å². The van der Waals surface area contributed by atoms with Gasteiger partial charge in [0.15, 0.2) is 5.82 Å². The van der Waals surface area contributed by atoms with Crippen LogP contribution in [0.2, 0.25) is 0 Å². The lowest BCUT2D eigenvalue weighted by Gasteiger charge is -2.29. The molecule has 3 rings (SSSR count). The number of benzene rings is 1. The molecule has 6 nitrogen and oxygen atoms in total. The van der Waals surface area contributed by atoms with Crippen LogP contribution in [0, 0.1) is 11.7 Å². The van der Waals surface area contributed by atoms with Crippen molar-refractivity contribution in [1.29, 1.82) is 0 Å². The molecule has 1 heterocycles. The molecule has 0 bridgehead atoms. The van der Waals surface area contributed by atoms with Gasteiger partial charge in [-0.3, -0.25) is 9.59 Å². The number of nitrogens with one attached hydrogen (secondary N) is 1. The SMILES string of the molecule is O=C(CN(CC1CCCCC1)C(=O)c1ccccc1F)Nc1ccon1. The average Bonchev–Trinajstić information content (AvgIpc) is 3.15. The highest BCUT2D eigenvalue weighted by Gasteiger charge is 2.25. The summed E-state index contributed by atoms with van der Waals surface area (Å²) in [6, 6.07) is 7.37. The van der Waals surface area contributed by atoms with Crippen LogP contribution in [0.3, 0.4) is 0 Å². The van der Waals surface area contributed by atoms with E-state index in [2.05, 4.69) is 15.0 Å². The molecule has 2 amide bonds. The van der Waals surface area contributed by atoms with Gasteiger partial charge in [-0.15, -0.1) is 0 Å². The first-order chi connectivity index (χ1) is 12.6. The molecule has 1 N–H and O–H groups in total. The zero-order chi connectivity index (χ0) is 18.4. The molecular weight excluding hydrogens is 337 g/mol. The fourth-order valence-corrected chi connectivity index (χ4v) is 3.34. The predicted molar refractivity (Wildman–Crippen MR) is 94.0 cm³/mol. The Kier molecular flexibility index (Phi) is 5.99. The van der Waals surface area contributed by atoms with E-state index in [0.29, 0.717) is 12.5 Å². The summed E-state index contributed by atoms with van der Waals surface area (Å²) in [7, 11) is 0. The number of aromatic nitrogens is 1. The van der Waals surface area contributed by atoms with Crippen LogP contribution >= 0.6 is 0 Å². The van der Waals surface area contributed by atoms with Gasteiger partial charge in [0.2, 0.25) is 5.91 Å². The van der Waals surface area contributed by atoms with Crippen LogP contribution in [-0.2, 0) is 4.79 Å². The number of nitrogens with zero attached hydrogens (tertiary/aromatic N) is 2. The third-order valence-electron chi connectivity index (χ3n) is 4.63. The maximum Gasteiger partial charge on any atom is 0.257 e. The smallest absolute Gasteiger partial charge is 0.257 e. The molecule has 1 aromatic heterocycles. The third-order valence-corrected chi connectivity index (χ3v) is 4.63. The van der Waals surface area contributed by atoms with E-state index < -0.39 is 11.7 Å². The molecule has 0 spiro atoms. The van der Waals surface area contributed by atoms with E-state index in [1.165, 1.54) is 41.8 Å². The normalized spacial score (nSPS) is 14.8. The van der Waals surface area contributed by atoms with Gasteiger partial charge in [0, 0.05) is 12.6 Å². The molecule has 7 heteroatoms. The van der Waals surface area contributed by atoms with Gasteiger partial charge < -0.3 is 14.7 Å². The maximum atomic E-state index is 14.1. The van der Waals surface area contributed by atoms with Gasteiger partial charge in [0.25, 0.3) is 5.91 Å². The molecule has 2 aromatic rings. The first-order valence-corrected chi connectivity index (χ1v) is 8.87. The minimum Gasteiger partial charge on any atom is -0.363 e. The van der Waals surface area contributed by atoms with Crippen molar-refractivity contribution in [2.75, 3.05) is 18.4 Å². The second-order valence-corrected chi connectivity index (χ2v) is 6.60. The molecule has 138 valence electrons. The first-order valence-electron chi connectivity index (χ1n) is 8.87. The number of amides is 2. The third kappa shape index (κ3) is 4.68. The van der Waals surface area contributed by atoms with Crippen LogP contribution in [-0.4, -0.2) is 35.0 Å². The van der Waals surface area contributed by atoms with Crippen LogP contribution in [0.4, 0.5) is 10.2 Å². The summed E-state index contributed by atoms with van der Waals surface area (Å²) in [4.78, 5) is 26.6. The van der Waals surface area contributed by atoms with E-state index in [0.717, 1.165) is 25.7 Å². The molecule has 0 saturated heterocycles. The summed E-state index contributed by atoms with van der Waals surface area (Å²) in [5.41, 5.74) is -0.0162. The lowest BCUT2D eigenvalue weighted by atomic mass is 9.89. The molecule has 1 aliphatic rings. The number of halogens is 1.